The van der Waals surface area contributed by atoms with E-state index in [1.54, 1.807) is 12.0 Å². The zero-order valence-electron chi connectivity index (χ0n) is 14.6. The molecule has 3 rings (SSSR count). The summed E-state index contributed by atoms with van der Waals surface area (Å²) >= 11 is 0. The Morgan fingerprint density at radius 3 is 2.88 bits per heavy atom. The van der Waals surface area contributed by atoms with Crippen molar-refractivity contribution in [1.82, 2.24) is 10.2 Å². The molecule has 0 aliphatic carbocycles. The second-order valence-corrected chi connectivity index (χ2v) is 6.25. The Morgan fingerprint density at radius 2 is 2.20 bits per heavy atom. The number of aliphatic hydroxyl groups is 1. The lowest BCUT2D eigenvalue weighted by Gasteiger charge is -2.37. The van der Waals surface area contributed by atoms with Gasteiger partial charge in [0.05, 0.1) is 19.3 Å². The number of hydrogen-bond acceptors (Lipinski definition) is 4. The molecule has 2 atom stereocenters. The van der Waals surface area contributed by atoms with Crippen LogP contribution in [0.3, 0.4) is 0 Å². The first-order chi connectivity index (χ1) is 12.1. The topological polar surface area (TPSA) is 74.9 Å². The molecular weight excluding hydrogens is 320 g/mol. The number of nitrogens with one attached hydrogen (secondary N) is 1. The standard InChI is InChI=1S/C19H24N2O4/c1-13-7-8-18(25-13)16(12-24-2)20-19(23)21-10-9-14-5-3-4-6-15(14)17(21)11-22/h3-8,16-17,22H,9-12H2,1-2H3,(H,20,23)/t16-,17+/m1/s1. The van der Waals surface area contributed by atoms with Crippen LogP contribution in [0, 0.1) is 6.92 Å². The zero-order chi connectivity index (χ0) is 17.8. The minimum absolute atomic E-state index is 0.112. The van der Waals surface area contributed by atoms with Gasteiger partial charge in [-0.2, -0.15) is 0 Å². The summed E-state index contributed by atoms with van der Waals surface area (Å²) in [6.07, 6.45) is 0.773. The SMILES string of the molecule is COC[C@@H](NC(=O)N1CCc2ccccc2[C@@H]1CO)c1ccc(C)o1. The molecule has 6 nitrogen and oxygen atoms in total. The Morgan fingerprint density at radius 1 is 1.40 bits per heavy atom. The number of aryl methyl sites for hydroxylation is 1. The number of rotatable bonds is 5. The molecule has 25 heavy (non-hydrogen) atoms. The fraction of sp³-hybridized carbons (Fsp3) is 0.421. The molecule has 0 radical (unpaired) electrons. The van der Waals surface area contributed by atoms with Crippen LogP contribution in [-0.2, 0) is 11.2 Å². The number of methoxy groups -OCH3 is 1. The third-order valence-corrected chi connectivity index (χ3v) is 4.58. The highest BCUT2D eigenvalue weighted by Gasteiger charge is 2.31. The Bertz CT molecular complexity index is 728. The van der Waals surface area contributed by atoms with Crippen LogP contribution in [0.15, 0.2) is 40.8 Å². The predicted octanol–water partition coefficient (Wildman–Crippen LogP) is 2.58. The van der Waals surface area contributed by atoms with Crippen molar-refractivity contribution >= 4 is 6.03 Å². The van der Waals surface area contributed by atoms with Crippen molar-refractivity contribution in [2.45, 2.75) is 25.4 Å². The molecule has 2 heterocycles. The lowest BCUT2D eigenvalue weighted by atomic mass is 9.93. The lowest BCUT2D eigenvalue weighted by molar-refractivity contribution is 0.114. The van der Waals surface area contributed by atoms with E-state index in [0.717, 1.165) is 17.7 Å². The van der Waals surface area contributed by atoms with Crippen LogP contribution in [0.5, 0.6) is 0 Å². The molecule has 1 aliphatic heterocycles. The van der Waals surface area contributed by atoms with Gasteiger partial charge in [-0.1, -0.05) is 24.3 Å². The first kappa shape index (κ1) is 17.5. The normalized spacial score (nSPS) is 17.9. The molecule has 134 valence electrons. The number of benzene rings is 1. The number of amides is 2. The van der Waals surface area contributed by atoms with Crippen LogP contribution in [0.2, 0.25) is 0 Å². The molecule has 0 spiro atoms. The van der Waals surface area contributed by atoms with Crippen LogP contribution < -0.4 is 5.32 Å². The van der Waals surface area contributed by atoms with Gasteiger partial charge in [-0.05, 0) is 36.6 Å². The minimum atomic E-state index is -0.372. The number of nitrogens with zero attached hydrogens (tertiary/aromatic N) is 1. The minimum Gasteiger partial charge on any atom is -0.464 e. The second-order valence-electron chi connectivity index (χ2n) is 6.25. The van der Waals surface area contributed by atoms with E-state index in [9.17, 15) is 9.90 Å². The summed E-state index contributed by atoms with van der Waals surface area (Å²) in [5.41, 5.74) is 2.18. The summed E-state index contributed by atoms with van der Waals surface area (Å²) < 4.78 is 10.9. The van der Waals surface area contributed by atoms with Crippen LogP contribution >= 0.6 is 0 Å². The Kier molecular flexibility index (Phi) is 5.40. The number of carbonyl (C=O) groups is 1. The van der Waals surface area contributed by atoms with Crippen LogP contribution in [0.25, 0.3) is 0 Å². The molecule has 2 aromatic rings. The first-order valence-electron chi connectivity index (χ1n) is 8.45. The second kappa shape index (κ2) is 7.72. The molecule has 2 N–H and O–H groups in total. The van der Waals surface area contributed by atoms with Crippen molar-refractivity contribution in [2.75, 3.05) is 26.9 Å². The van der Waals surface area contributed by atoms with Crippen LogP contribution in [0.1, 0.15) is 34.7 Å². The highest BCUT2D eigenvalue weighted by molar-refractivity contribution is 5.75. The predicted molar refractivity (Wildman–Crippen MR) is 93.3 cm³/mol. The van der Waals surface area contributed by atoms with Crippen molar-refractivity contribution in [2.24, 2.45) is 0 Å². The van der Waals surface area contributed by atoms with Crippen LogP contribution in [-0.4, -0.2) is 42.9 Å². The molecule has 0 unspecified atom stereocenters. The van der Waals surface area contributed by atoms with Gasteiger partial charge >= 0.3 is 6.03 Å². The van der Waals surface area contributed by atoms with Crippen molar-refractivity contribution in [1.29, 1.82) is 0 Å². The number of fused-ring (bicyclic) bond motifs is 1. The molecule has 6 heteroatoms. The average molecular weight is 344 g/mol. The van der Waals surface area contributed by atoms with Gasteiger partial charge in [-0.15, -0.1) is 0 Å². The summed E-state index contributed by atoms with van der Waals surface area (Å²) in [4.78, 5) is 14.5. The number of urea groups is 1. The fourth-order valence-corrected chi connectivity index (χ4v) is 3.33. The van der Waals surface area contributed by atoms with E-state index in [2.05, 4.69) is 5.32 Å². The van der Waals surface area contributed by atoms with Gasteiger partial charge in [0.25, 0.3) is 0 Å². The summed E-state index contributed by atoms with van der Waals surface area (Å²) in [6, 6.07) is 10.7. The summed E-state index contributed by atoms with van der Waals surface area (Å²) in [5, 5.41) is 12.8. The van der Waals surface area contributed by atoms with E-state index in [0.29, 0.717) is 18.9 Å². The summed E-state index contributed by atoms with van der Waals surface area (Å²) in [7, 11) is 1.59. The van der Waals surface area contributed by atoms with Crippen molar-refractivity contribution in [3.05, 3.63) is 59.0 Å². The third kappa shape index (κ3) is 3.70. The van der Waals surface area contributed by atoms with E-state index < -0.39 is 0 Å². The van der Waals surface area contributed by atoms with Crippen LogP contribution in [0.4, 0.5) is 4.79 Å². The monoisotopic (exact) mass is 344 g/mol. The first-order valence-corrected chi connectivity index (χ1v) is 8.45. The van der Waals surface area contributed by atoms with E-state index in [-0.39, 0.29) is 24.7 Å². The fourth-order valence-electron chi connectivity index (χ4n) is 3.33. The molecule has 1 aliphatic rings. The highest BCUT2D eigenvalue weighted by Crippen LogP contribution is 2.29. The Labute approximate surface area is 147 Å². The molecular formula is C19H24N2O4. The van der Waals surface area contributed by atoms with Gasteiger partial charge in [-0.25, -0.2) is 4.79 Å². The van der Waals surface area contributed by atoms with Gasteiger partial charge < -0.3 is 24.5 Å². The molecule has 2 amide bonds. The van der Waals surface area contributed by atoms with Crippen molar-refractivity contribution < 1.29 is 19.1 Å². The summed E-state index contributed by atoms with van der Waals surface area (Å²) in [5.74, 6) is 1.44. The lowest BCUT2D eigenvalue weighted by Crippen LogP contribution is -2.48. The van der Waals surface area contributed by atoms with E-state index in [4.69, 9.17) is 9.15 Å². The van der Waals surface area contributed by atoms with E-state index in [1.165, 1.54) is 5.56 Å². The molecule has 1 aromatic carbocycles. The third-order valence-electron chi connectivity index (χ3n) is 4.58. The van der Waals surface area contributed by atoms with Crippen molar-refractivity contribution in [3.8, 4) is 0 Å². The number of hydrogen-bond donors (Lipinski definition) is 2. The smallest absolute Gasteiger partial charge is 0.318 e. The Balaban J connectivity index is 1.77. The molecule has 0 saturated carbocycles. The average Bonchev–Trinajstić information content (AvgIpc) is 3.06. The van der Waals surface area contributed by atoms with Gasteiger partial charge in [0.1, 0.15) is 17.6 Å². The van der Waals surface area contributed by atoms with Gasteiger partial charge in [0.2, 0.25) is 0 Å². The number of ether oxygens (including phenoxy) is 1. The zero-order valence-corrected chi connectivity index (χ0v) is 14.6. The van der Waals surface area contributed by atoms with Gasteiger partial charge in [-0.3, -0.25) is 0 Å². The molecule has 1 aromatic heterocycles. The molecule has 0 fully saturated rings. The maximum absolute atomic E-state index is 12.8. The summed E-state index contributed by atoms with van der Waals surface area (Å²) in [6.45, 7) is 2.62. The maximum atomic E-state index is 12.8. The van der Waals surface area contributed by atoms with E-state index in [1.807, 2.05) is 43.3 Å². The largest absolute Gasteiger partial charge is 0.464 e. The van der Waals surface area contributed by atoms with Gasteiger partial charge in [0.15, 0.2) is 0 Å². The molecule has 0 saturated heterocycles. The highest BCUT2D eigenvalue weighted by atomic mass is 16.5. The Hall–Kier alpha value is -2.31. The number of furan rings is 1. The number of carbonyl (C=O) groups excluding carboxylic acids is 1. The van der Waals surface area contributed by atoms with E-state index >= 15 is 0 Å². The maximum Gasteiger partial charge on any atom is 0.318 e. The quantitative estimate of drug-likeness (QED) is 0.874. The van der Waals surface area contributed by atoms with Gasteiger partial charge in [0, 0.05) is 13.7 Å². The molecule has 0 bridgehead atoms. The van der Waals surface area contributed by atoms with Crippen molar-refractivity contribution in [3.63, 3.8) is 0 Å². The number of aliphatic hydroxyl groups excluding tert-OH is 1.